The summed E-state index contributed by atoms with van der Waals surface area (Å²) in [5, 5.41) is 10.7. The molecule has 3 aromatic heterocycles. The number of ether oxygens (including phenoxy) is 3. The number of aromatic nitrogens is 5. The molecule has 0 spiro atoms. The fraction of sp³-hybridized carbons (Fsp3) is 0.281. The number of fused-ring (bicyclic) bond motifs is 2. The summed E-state index contributed by atoms with van der Waals surface area (Å²) in [6, 6.07) is 10.4. The van der Waals surface area contributed by atoms with Gasteiger partial charge in [0.05, 0.1) is 36.8 Å². The molecule has 4 heterocycles. The highest BCUT2D eigenvalue weighted by Gasteiger charge is 2.23. The van der Waals surface area contributed by atoms with Gasteiger partial charge in [-0.2, -0.15) is 5.10 Å². The van der Waals surface area contributed by atoms with E-state index in [-0.39, 0.29) is 11.7 Å². The number of carbonyl (C=O) groups is 1. The van der Waals surface area contributed by atoms with Crippen molar-refractivity contribution in [2.45, 2.75) is 18.9 Å². The predicted molar refractivity (Wildman–Crippen MR) is 173 cm³/mol. The minimum atomic E-state index is -0.861. The third-order valence-electron chi connectivity index (χ3n) is 7.83. The maximum atomic E-state index is 14.9. The molecule has 1 aliphatic rings. The van der Waals surface area contributed by atoms with Crippen LogP contribution in [0.4, 0.5) is 27.3 Å². The molecule has 2 N–H and O–H groups in total. The predicted octanol–water partition coefficient (Wildman–Crippen LogP) is 5.18. The van der Waals surface area contributed by atoms with Crippen LogP contribution in [0, 0.1) is 0 Å². The Hall–Kier alpha value is -5.50. The number of nitrogens with one attached hydrogen (secondary N) is 2. The third kappa shape index (κ3) is 6.19. The summed E-state index contributed by atoms with van der Waals surface area (Å²) in [6.07, 6.45) is 7.78. The van der Waals surface area contributed by atoms with Crippen molar-refractivity contribution in [3.8, 4) is 23.0 Å². The molecule has 1 saturated heterocycles. The number of likely N-dealkylation sites (tertiary alicyclic amines) is 1. The zero-order valence-corrected chi connectivity index (χ0v) is 26.1. The van der Waals surface area contributed by atoms with Crippen molar-refractivity contribution in [3.63, 3.8) is 0 Å². The van der Waals surface area contributed by atoms with Gasteiger partial charge in [-0.15, -0.1) is 0 Å². The number of amides is 1. The molecule has 0 radical (unpaired) electrons. The molecule has 1 aliphatic heterocycles. The maximum absolute atomic E-state index is 14.9. The van der Waals surface area contributed by atoms with E-state index in [1.807, 2.05) is 37.0 Å². The van der Waals surface area contributed by atoms with E-state index >= 15 is 0 Å². The van der Waals surface area contributed by atoms with Gasteiger partial charge in [-0.25, -0.2) is 23.9 Å². The number of halogens is 1. The standard InChI is InChI=1S/C32H34FN9O4/c1-40(2)26-14-25(28(45-5)16-29(26)46-20-8-10-42-30(12-20)35-18-37-42)38-31-21-13-24(27(44-4)15-23(21)34-17-36-31)39-32(43)22(33)11-19-7-6-9-41(19)3/h8,10-19H,6-7,9H2,1-5H3,(H,39,43)(H,34,36,38). The van der Waals surface area contributed by atoms with Crippen LogP contribution < -0.4 is 29.7 Å². The van der Waals surface area contributed by atoms with E-state index in [1.54, 1.807) is 48.2 Å². The van der Waals surface area contributed by atoms with Gasteiger partial charge in [-0.05, 0) is 50.7 Å². The average molecular weight is 628 g/mol. The number of rotatable bonds is 10. The summed E-state index contributed by atoms with van der Waals surface area (Å²) in [6.45, 7) is 0.862. The van der Waals surface area contributed by atoms with Gasteiger partial charge < -0.3 is 29.7 Å². The van der Waals surface area contributed by atoms with Crippen molar-refractivity contribution in [1.82, 2.24) is 29.5 Å². The Labute approximate surface area is 264 Å². The molecule has 1 fully saturated rings. The Kier molecular flexibility index (Phi) is 8.53. The van der Waals surface area contributed by atoms with Crippen LogP contribution in [-0.4, -0.2) is 83.3 Å². The molecule has 5 aromatic rings. The van der Waals surface area contributed by atoms with Crippen LogP contribution in [0.25, 0.3) is 16.6 Å². The first-order valence-electron chi connectivity index (χ1n) is 14.6. The highest BCUT2D eigenvalue weighted by atomic mass is 19.1. The van der Waals surface area contributed by atoms with Gasteiger partial charge in [0.15, 0.2) is 17.2 Å². The smallest absolute Gasteiger partial charge is 0.284 e. The number of methoxy groups -OCH3 is 2. The van der Waals surface area contributed by atoms with Crippen LogP contribution >= 0.6 is 0 Å². The maximum Gasteiger partial charge on any atom is 0.284 e. The molecule has 2 aromatic carbocycles. The largest absolute Gasteiger partial charge is 0.494 e. The normalized spacial score (nSPS) is 15.3. The van der Waals surface area contributed by atoms with Crippen molar-refractivity contribution in [2.75, 3.05) is 57.4 Å². The number of anilines is 4. The van der Waals surface area contributed by atoms with Gasteiger partial charge in [0.25, 0.3) is 5.91 Å². The first-order valence-corrected chi connectivity index (χ1v) is 14.6. The SMILES string of the molecule is COc1cc2ncnc(Nc3cc(N(C)C)c(Oc4ccn5ncnc5c4)cc3OC)c2cc1NC(=O)C(F)=CC1CCCN1C. The van der Waals surface area contributed by atoms with Crippen LogP contribution in [0.5, 0.6) is 23.0 Å². The fourth-order valence-electron chi connectivity index (χ4n) is 5.39. The van der Waals surface area contributed by atoms with Crippen LogP contribution in [0.15, 0.2) is 67.2 Å². The summed E-state index contributed by atoms with van der Waals surface area (Å²) in [5.41, 5.74) is 2.83. The topological polar surface area (TPSA) is 131 Å². The summed E-state index contributed by atoms with van der Waals surface area (Å²) < 4.78 is 34.1. The molecule has 238 valence electrons. The van der Waals surface area contributed by atoms with E-state index in [1.165, 1.54) is 25.8 Å². The summed E-state index contributed by atoms with van der Waals surface area (Å²) >= 11 is 0. The molecule has 0 aliphatic carbocycles. The molecule has 0 bridgehead atoms. The highest BCUT2D eigenvalue weighted by molar-refractivity contribution is 6.05. The Morgan fingerprint density at radius 1 is 1.02 bits per heavy atom. The lowest BCUT2D eigenvalue weighted by molar-refractivity contribution is -0.114. The van der Waals surface area contributed by atoms with Crippen molar-refractivity contribution in [1.29, 1.82) is 0 Å². The van der Waals surface area contributed by atoms with Gasteiger partial charge >= 0.3 is 0 Å². The molecular weight excluding hydrogens is 593 g/mol. The molecule has 13 nitrogen and oxygen atoms in total. The fourth-order valence-corrected chi connectivity index (χ4v) is 5.39. The zero-order chi connectivity index (χ0) is 32.4. The quantitative estimate of drug-likeness (QED) is 0.199. The van der Waals surface area contributed by atoms with Crippen LogP contribution in [-0.2, 0) is 4.79 Å². The van der Waals surface area contributed by atoms with E-state index in [0.717, 1.165) is 25.1 Å². The first kappa shape index (κ1) is 30.5. The minimum absolute atomic E-state index is 0.121. The van der Waals surface area contributed by atoms with Gasteiger partial charge in [0, 0.05) is 49.9 Å². The second-order valence-electron chi connectivity index (χ2n) is 11.0. The number of benzene rings is 2. The average Bonchev–Trinajstić information content (AvgIpc) is 3.69. The molecule has 0 saturated carbocycles. The van der Waals surface area contributed by atoms with Crippen molar-refractivity contribution in [2.24, 2.45) is 0 Å². The van der Waals surface area contributed by atoms with Crippen molar-refractivity contribution < 1.29 is 23.4 Å². The summed E-state index contributed by atoms with van der Waals surface area (Å²) in [7, 11) is 8.75. The third-order valence-corrected chi connectivity index (χ3v) is 7.83. The number of pyridine rings is 1. The van der Waals surface area contributed by atoms with Gasteiger partial charge in [0.1, 0.15) is 35.7 Å². The van der Waals surface area contributed by atoms with E-state index in [0.29, 0.717) is 51.1 Å². The van der Waals surface area contributed by atoms with Crippen LogP contribution in [0.1, 0.15) is 12.8 Å². The van der Waals surface area contributed by atoms with Gasteiger partial charge in [0.2, 0.25) is 0 Å². The summed E-state index contributed by atoms with van der Waals surface area (Å²) in [4.78, 5) is 29.9. The van der Waals surface area contributed by atoms with E-state index < -0.39 is 11.7 Å². The number of hydrogen-bond acceptors (Lipinski definition) is 11. The lowest BCUT2D eigenvalue weighted by atomic mass is 10.1. The molecule has 14 heteroatoms. The lowest BCUT2D eigenvalue weighted by Gasteiger charge is -2.21. The van der Waals surface area contributed by atoms with Crippen molar-refractivity contribution >= 4 is 45.3 Å². The number of carbonyl (C=O) groups excluding carboxylic acids is 1. The second kappa shape index (κ2) is 12.9. The Balaban J connectivity index is 1.32. The zero-order valence-electron chi connectivity index (χ0n) is 26.1. The van der Waals surface area contributed by atoms with Crippen molar-refractivity contribution in [3.05, 3.63) is 67.2 Å². The van der Waals surface area contributed by atoms with Crippen LogP contribution in [0.3, 0.4) is 0 Å². The molecule has 1 amide bonds. The highest BCUT2D eigenvalue weighted by Crippen LogP contribution is 2.42. The van der Waals surface area contributed by atoms with Gasteiger partial charge in [-0.3, -0.25) is 9.69 Å². The molecule has 6 rings (SSSR count). The number of nitrogens with zero attached hydrogens (tertiary/aromatic N) is 7. The van der Waals surface area contributed by atoms with E-state index in [4.69, 9.17) is 14.2 Å². The Morgan fingerprint density at radius 3 is 2.57 bits per heavy atom. The summed E-state index contributed by atoms with van der Waals surface area (Å²) in [5.74, 6) is 0.668. The second-order valence-corrected chi connectivity index (χ2v) is 11.0. The number of likely N-dealkylation sites (N-methyl/N-ethyl adjacent to an activating group) is 1. The number of hydrogen-bond donors (Lipinski definition) is 2. The first-order chi connectivity index (χ1) is 22.2. The molecule has 46 heavy (non-hydrogen) atoms. The van der Waals surface area contributed by atoms with Crippen LogP contribution in [0.2, 0.25) is 0 Å². The lowest BCUT2D eigenvalue weighted by Crippen LogP contribution is -2.24. The Morgan fingerprint density at radius 2 is 1.83 bits per heavy atom. The molecular formula is C32H34FN9O4. The minimum Gasteiger partial charge on any atom is -0.494 e. The Bertz CT molecular complexity index is 1940. The van der Waals surface area contributed by atoms with E-state index in [9.17, 15) is 9.18 Å². The molecule has 1 atom stereocenters. The van der Waals surface area contributed by atoms with Gasteiger partial charge in [-0.1, -0.05) is 0 Å². The monoisotopic (exact) mass is 627 g/mol. The molecule has 1 unspecified atom stereocenters. The van der Waals surface area contributed by atoms with E-state index in [2.05, 4.69) is 30.7 Å².